The fourth-order valence-corrected chi connectivity index (χ4v) is 4.17. The fraction of sp³-hybridized carbons (Fsp3) is 0.500. The minimum Gasteiger partial charge on any atom is -0.368 e. The molecule has 0 N–H and O–H groups in total. The predicted octanol–water partition coefficient (Wildman–Crippen LogP) is 2.45. The van der Waals surface area contributed by atoms with Crippen LogP contribution in [0.1, 0.15) is 37.1 Å². The van der Waals surface area contributed by atoms with E-state index in [1.165, 1.54) is 6.26 Å². The highest BCUT2D eigenvalue weighted by Crippen LogP contribution is 2.52. The summed E-state index contributed by atoms with van der Waals surface area (Å²) in [7, 11) is -3.09. The molecule has 4 rings (SSSR count). The number of ether oxygens (including phenoxy) is 1. The lowest BCUT2D eigenvalue weighted by Crippen LogP contribution is -2.19. The summed E-state index contributed by atoms with van der Waals surface area (Å²) in [4.78, 5) is 4.32. The smallest absolute Gasteiger partial charge is 0.252 e. The maximum absolute atomic E-state index is 12.0. The molecule has 0 saturated heterocycles. The first-order valence-corrected chi connectivity index (χ1v) is 9.62. The Hall–Kier alpha value is -1.73. The molecule has 1 heterocycles. The zero-order chi connectivity index (χ0) is 16.1. The molecule has 0 atom stereocenters. The first-order chi connectivity index (χ1) is 11.0. The number of sulfone groups is 1. The standard InChI is InChI=1S/C16H18N2O4S/c1-23(19,20)16(8-9-16)12-4-2-11(3-5-12)15-17-14(22-18-15)10-21-13-6-7-13/h2-5,13H,6-10H2,1H3. The molecule has 0 radical (unpaired) electrons. The Morgan fingerprint density at radius 3 is 2.52 bits per heavy atom. The molecule has 2 aliphatic carbocycles. The highest BCUT2D eigenvalue weighted by Gasteiger charge is 2.53. The first-order valence-electron chi connectivity index (χ1n) is 7.73. The second kappa shape index (κ2) is 5.14. The van der Waals surface area contributed by atoms with Gasteiger partial charge in [0.05, 0.1) is 10.9 Å². The molecule has 1 aromatic carbocycles. The van der Waals surface area contributed by atoms with Gasteiger partial charge in [0.2, 0.25) is 5.82 Å². The molecule has 0 aliphatic heterocycles. The highest BCUT2D eigenvalue weighted by atomic mass is 32.2. The Morgan fingerprint density at radius 2 is 1.96 bits per heavy atom. The lowest BCUT2D eigenvalue weighted by molar-refractivity contribution is 0.0841. The Kier molecular flexibility index (Phi) is 3.32. The van der Waals surface area contributed by atoms with Crippen molar-refractivity contribution in [2.75, 3.05) is 6.26 Å². The molecule has 23 heavy (non-hydrogen) atoms. The summed E-state index contributed by atoms with van der Waals surface area (Å²) in [6, 6.07) is 7.38. The number of rotatable bonds is 6. The lowest BCUT2D eigenvalue weighted by atomic mass is 10.1. The normalized spacial score (nSPS) is 19.7. The van der Waals surface area contributed by atoms with Crippen LogP contribution in [-0.2, 0) is 25.9 Å². The summed E-state index contributed by atoms with van der Waals surface area (Å²) in [5.41, 5.74) is 1.64. The number of hydrogen-bond acceptors (Lipinski definition) is 6. The Bertz CT molecular complexity index is 818. The van der Waals surface area contributed by atoms with Crippen LogP contribution < -0.4 is 0 Å². The van der Waals surface area contributed by atoms with E-state index in [0.717, 1.165) is 24.0 Å². The third-order valence-corrected chi connectivity index (χ3v) is 6.58. The molecule has 2 saturated carbocycles. The van der Waals surface area contributed by atoms with Gasteiger partial charge in [0.25, 0.3) is 5.89 Å². The monoisotopic (exact) mass is 334 g/mol. The minimum absolute atomic E-state index is 0.340. The van der Waals surface area contributed by atoms with E-state index in [9.17, 15) is 8.42 Å². The molecule has 2 aliphatic rings. The SMILES string of the molecule is CS(=O)(=O)C1(c2ccc(-c3noc(COC4CC4)n3)cc2)CC1. The van der Waals surface area contributed by atoms with Gasteiger partial charge in [-0.25, -0.2) is 8.42 Å². The second-order valence-corrected chi connectivity index (χ2v) is 8.69. The summed E-state index contributed by atoms with van der Waals surface area (Å²) >= 11 is 0. The van der Waals surface area contributed by atoms with Gasteiger partial charge in [-0.3, -0.25) is 0 Å². The zero-order valence-corrected chi connectivity index (χ0v) is 13.7. The van der Waals surface area contributed by atoms with E-state index in [1.54, 1.807) is 0 Å². The average molecular weight is 334 g/mol. The number of hydrogen-bond donors (Lipinski definition) is 0. The molecule has 7 heteroatoms. The number of benzene rings is 1. The summed E-state index contributed by atoms with van der Waals surface area (Å²) in [5, 5.41) is 3.96. The number of aromatic nitrogens is 2. The Labute approximate surface area is 134 Å². The van der Waals surface area contributed by atoms with Crippen LogP contribution in [0.15, 0.2) is 28.8 Å². The van der Waals surface area contributed by atoms with Crippen molar-refractivity contribution in [2.24, 2.45) is 0 Å². The van der Waals surface area contributed by atoms with Gasteiger partial charge < -0.3 is 9.26 Å². The van der Waals surface area contributed by atoms with Gasteiger partial charge in [-0.2, -0.15) is 4.98 Å². The molecule has 0 amide bonds. The maximum atomic E-state index is 12.0. The Balaban J connectivity index is 1.52. The van der Waals surface area contributed by atoms with Crippen LogP contribution in [-0.4, -0.2) is 30.9 Å². The van der Waals surface area contributed by atoms with Crippen molar-refractivity contribution in [3.63, 3.8) is 0 Å². The van der Waals surface area contributed by atoms with E-state index in [2.05, 4.69) is 10.1 Å². The third kappa shape index (κ3) is 2.79. The first kappa shape index (κ1) is 14.8. The van der Waals surface area contributed by atoms with Crippen molar-refractivity contribution < 1.29 is 17.7 Å². The largest absolute Gasteiger partial charge is 0.368 e. The van der Waals surface area contributed by atoms with Crippen LogP contribution in [0, 0.1) is 0 Å². The topological polar surface area (TPSA) is 82.3 Å². The maximum Gasteiger partial charge on any atom is 0.252 e. The van der Waals surface area contributed by atoms with Crippen molar-refractivity contribution in [1.29, 1.82) is 0 Å². The quantitative estimate of drug-likeness (QED) is 0.807. The van der Waals surface area contributed by atoms with Crippen molar-refractivity contribution in [1.82, 2.24) is 10.1 Å². The Morgan fingerprint density at radius 1 is 1.26 bits per heavy atom. The molecule has 0 unspecified atom stereocenters. The van der Waals surface area contributed by atoms with Gasteiger partial charge in [0.15, 0.2) is 9.84 Å². The van der Waals surface area contributed by atoms with Crippen molar-refractivity contribution in [3.05, 3.63) is 35.7 Å². The van der Waals surface area contributed by atoms with E-state index in [-0.39, 0.29) is 0 Å². The van der Waals surface area contributed by atoms with Crippen LogP contribution in [0.4, 0.5) is 0 Å². The van der Waals surface area contributed by atoms with Gasteiger partial charge in [-0.1, -0.05) is 29.4 Å². The molecule has 2 aromatic rings. The summed E-state index contributed by atoms with van der Waals surface area (Å²) in [5.74, 6) is 0.959. The molecule has 0 spiro atoms. The zero-order valence-electron chi connectivity index (χ0n) is 12.9. The molecule has 122 valence electrons. The van der Waals surface area contributed by atoms with Gasteiger partial charge >= 0.3 is 0 Å². The van der Waals surface area contributed by atoms with Gasteiger partial charge in [-0.15, -0.1) is 0 Å². The minimum atomic E-state index is -3.09. The molecular formula is C16H18N2O4S. The van der Waals surface area contributed by atoms with E-state index in [4.69, 9.17) is 9.26 Å². The van der Waals surface area contributed by atoms with Crippen LogP contribution in [0.3, 0.4) is 0 Å². The summed E-state index contributed by atoms with van der Waals surface area (Å²) in [6.45, 7) is 0.340. The van der Waals surface area contributed by atoms with Gasteiger partial charge in [0.1, 0.15) is 6.61 Å². The third-order valence-electron chi connectivity index (χ3n) is 4.52. The van der Waals surface area contributed by atoms with Crippen LogP contribution in [0.2, 0.25) is 0 Å². The number of nitrogens with zero attached hydrogens (tertiary/aromatic N) is 2. The molecule has 2 fully saturated rings. The van der Waals surface area contributed by atoms with Crippen LogP contribution in [0.5, 0.6) is 0 Å². The molecule has 0 bridgehead atoms. The van der Waals surface area contributed by atoms with Crippen LogP contribution >= 0.6 is 0 Å². The van der Waals surface area contributed by atoms with Crippen molar-refractivity contribution >= 4 is 9.84 Å². The van der Waals surface area contributed by atoms with E-state index in [1.807, 2.05) is 24.3 Å². The molecule has 6 nitrogen and oxygen atoms in total. The van der Waals surface area contributed by atoms with Crippen molar-refractivity contribution in [2.45, 2.75) is 43.1 Å². The van der Waals surface area contributed by atoms with E-state index in [0.29, 0.717) is 37.3 Å². The van der Waals surface area contributed by atoms with Gasteiger partial charge in [0, 0.05) is 11.8 Å². The van der Waals surface area contributed by atoms with E-state index < -0.39 is 14.6 Å². The van der Waals surface area contributed by atoms with Crippen molar-refractivity contribution in [3.8, 4) is 11.4 Å². The average Bonchev–Trinajstić information content (AvgIpc) is 3.43. The van der Waals surface area contributed by atoms with Gasteiger partial charge in [-0.05, 0) is 31.2 Å². The summed E-state index contributed by atoms with van der Waals surface area (Å²) in [6.07, 6.45) is 5.23. The van der Waals surface area contributed by atoms with Crippen LogP contribution in [0.25, 0.3) is 11.4 Å². The lowest BCUT2D eigenvalue weighted by Gasteiger charge is -2.13. The second-order valence-electron chi connectivity index (χ2n) is 6.37. The fourth-order valence-electron chi connectivity index (χ4n) is 2.76. The predicted molar refractivity (Wildman–Crippen MR) is 83.3 cm³/mol. The molecular weight excluding hydrogens is 316 g/mol. The highest BCUT2D eigenvalue weighted by molar-refractivity contribution is 7.92. The molecule has 1 aromatic heterocycles. The summed E-state index contributed by atoms with van der Waals surface area (Å²) < 4.78 is 33.9. The van der Waals surface area contributed by atoms with E-state index >= 15 is 0 Å².